The number of rotatable bonds is 6. The predicted octanol–water partition coefficient (Wildman–Crippen LogP) is 1.88. The lowest BCUT2D eigenvalue weighted by molar-refractivity contribution is -0.121. The van der Waals surface area contributed by atoms with Crippen LogP contribution in [-0.2, 0) is 10.3 Å². The van der Waals surface area contributed by atoms with E-state index in [1.54, 1.807) is 17.5 Å². The Morgan fingerprint density at radius 1 is 1.59 bits per heavy atom. The van der Waals surface area contributed by atoms with Crippen LogP contribution in [0.15, 0.2) is 11.6 Å². The molecule has 96 valence electrons. The van der Waals surface area contributed by atoms with Gasteiger partial charge in [-0.1, -0.05) is 6.92 Å². The second-order valence-corrected chi connectivity index (χ2v) is 5.59. The maximum Gasteiger partial charge on any atom is 0.234 e. The fraction of sp³-hybridized carbons (Fsp3) is 0.667. The van der Waals surface area contributed by atoms with E-state index in [2.05, 4.69) is 22.5 Å². The zero-order chi connectivity index (χ0) is 12.9. The number of hydrogen-bond donors (Lipinski definition) is 2. The van der Waals surface area contributed by atoms with Gasteiger partial charge in [0, 0.05) is 17.6 Å². The number of nitrogens with zero attached hydrogens (tertiary/aromatic N) is 1. The molecule has 1 atom stereocenters. The van der Waals surface area contributed by atoms with Gasteiger partial charge in [0.05, 0.1) is 12.1 Å². The fourth-order valence-corrected chi connectivity index (χ4v) is 2.08. The number of thiazole rings is 1. The standard InChI is InChI=1S/C12H21N3OS/c1-5-9(2)15-10(16)8-14-12(3,4)11-13-6-7-17-11/h6-7,9,14H,5,8H2,1-4H3,(H,15,16). The molecular weight excluding hydrogens is 234 g/mol. The molecule has 1 aromatic heterocycles. The Balaban J connectivity index is 2.42. The normalized spacial score (nSPS) is 13.4. The lowest BCUT2D eigenvalue weighted by Crippen LogP contribution is -2.45. The quantitative estimate of drug-likeness (QED) is 0.816. The summed E-state index contributed by atoms with van der Waals surface area (Å²) in [5, 5.41) is 9.09. The molecule has 0 aliphatic heterocycles. The third kappa shape index (κ3) is 4.44. The van der Waals surface area contributed by atoms with Crippen LogP contribution in [0.25, 0.3) is 0 Å². The van der Waals surface area contributed by atoms with Crippen LogP contribution >= 0.6 is 11.3 Å². The lowest BCUT2D eigenvalue weighted by Gasteiger charge is -2.24. The van der Waals surface area contributed by atoms with Gasteiger partial charge in [-0.05, 0) is 27.2 Å². The number of carbonyl (C=O) groups is 1. The molecule has 1 aromatic rings. The molecule has 4 nitrogen and oxygen atoms in total. The topological polar surface area (TPSA) is 54.0 Å². The van der Waals surface area contributed by atoms with Crippen molar-refractivity contribution in [2.24, 2.45) is 0 Å². The summed E-state index contributed by atoms with van der Waals surface area (Å²) in [5.41, 5.74) is -0.263. The highest BCUT2D eigenvalue weighted by Gasteiger charge is 2.23. The van der Waals surface area contributed by atoms with Crippen molar-refractivity contribution in [2.75, 3.05) is 6.54 Å². The molecule has 0 saturated heterocycles. The zero-order valence-electron chi connectivity index (χ0n) is 10.9. The first-order valence-electron chi connectivity index (χ1n) is 5.90. The summed E-state index contributed by atoms with van der Waals surface area (Å²) < 4.78 is 0. The maximum atomic E-state index is 11.6. The van der Waals surface area contributed by atoms with Gasteiger partial charge in [0.15, 0.2) is 0 Å². The second-order valence-electron chi connectivity index (χ2n) is 4.69. The van der Waals surface area contributed by atoms with Crippen molar-refractivity contribution in [1.29, 1.82) is 0 Å². The van der Waals surface area contributed by atoms with Crippen LogP contribution in [0, 0.1) is 0 Å². The molecule has 17 heavy (non-hydrogen) atoms. The van der Waals surface area contributed by atoms with Gasteiger partial charge in [-0.25, -0.2) is 4.98 Å². The van der Waals surface area contributed by atoms with E-state index in [1.807, 2.05) is 26.2 Å². The molecule has 0 fully saturated rings. The molecule has 0 bridgehead atoms. The Hall–Kier alpha value is -0.940. The molecule has 2 N–H and O–H groups in total. The van der Waals surface area contributed by atoms with Crippen LogP contribution in [-0.4, -0.2) is 23.5 Å². The van der Waals surface area contributed by atoms with E-state index in [-0.39, 0.29) is 17.5 Å². The average molecular weight is 255 g/mol. The van der Waals surface area contributed by atoms with E-state index >= 15 is 0 Å². The summed E-state index contributed by atoms with van der Waals surface area (Å²) in [7, 11) is 0. The van der Waals surface area contributed by atoms with Crippen molar-refractivity contribution in [3.8, 4) is 0 Å². The number of carbonyl (C=O) groups excluding carboxylic acids is 1. The maximum absolute atomic E-state index is 11.6. The molecule has 1 rings (SSSR count). The summed E-state index contributed by atoms with van der Waals surface area (Å²) >= 11 is 1.59. The van der Waals surface area contributed by atoms with Crippen LogP contribution in [0.3, 0.4) is 0 Å². The molecule has 0 aliphatic rings. The Morgan fingerprint density at radius 2 is 2.29 bits per heavy atom. The van der Waals surface area contributed by atoms with Gasteiger partial charge in [0.1, 0.15) is 5.01 Å². The highest BCUT2D eigenvalue weighted by molar-refractivity contribution is 7.09. The van der Waals surface area contributed by atoms with Gasteiger partial charge in [-0.2, -0.15) is 0 Å². The summed E-state index contributed by atoms with van der Waals surface area (Å²) in [5.74, 6) is 0.0315. The fourth-order valence-electron chi connectivity index (χ4n) is 1.34. The molecule has 0 saturated carbocycles. The zero-order valence-corrected chi connectivity index (χ0v) is 11.7. The van der Waals surface area contributed by atoms with Crippen molar-refractivity contribution in [2.45, 2.75) is 45.7 Å². The van der Waals surface area contributed by atoms with Gasteiger partial charge in [0.2, 0.25) is 5.91 Å². The van der Waals surface area contributed by atoms with Crippen molar-refractivity contribution >= 4 is 17.2 Å². The number of hydrogen-bond acceptors (Lipinski definition) is 4. The molecular formula is C12H21N3OS. The average Bonchev–Trinajstić information content (AvgIpc) is 2.80. The van der Waals surface area contributed by atoms with Crippen molar-refractivity contribution in [1.82, 2.24) is 15.6 Å². The molecule has 0 aliphatic carbocycles. The van der Waals surface area contributed by atoms with Gasteiger partial charge < -0.3 is 5.32 Å². The molecule has 0 aromatic carbocycles. The third-order valence-electron chi connectivity index (χ3n) is 2.68. The minimum atomic E-state index is -0.263. The van der Waals surface area contributed by atoms with Crippen molar-refractivity contribution in [3.63, 3.8) is 0 Å². The van der Waals surface area contributed by atoms with Crippen molar-refractivity contribution in [3.05, 3.63) is 16.6 Å². The summed E-state index contributed by atoms with van der Waals surface area (Å²) in [6, 6.07) is 0.229. The molecule has 5 heteroatoms. The van der Waals surface area contributed by atoms with Gasteiger partial charge in [0.25, 0.3) is 0 Å². The Bertz CT molecular complexity index is 349. The SMILES string of the molecule is CCC(C)NC(=O)CNC(C)(C)c1nccs1. The van der Waals surface area contributed by atoms with E-state index in [4.69, 9.17) is 0 Å². The smallest absolute Gasteiger partial charge is 0.234 e. The first kappa shape index (κ1) is 14.1. The van der Waals surface area contributed by atoms with Gasteiger partial charge in [-0.3, -0.25) is 10.1 Å². The highest BCUT2D eigenvalue weighted by atomic mass is 32.1. The summed E-state index contributed by atoms with van der Waals surface area (Å²) in [6.45, 7) is 8.43. The molecule has 1 unspecified atom stereocenters. The van der Waals surface area contributed by atoms with Crippen LogP contribution in [0.1, 0.15) is 39.1 Å². The van der Waals surface area contributed by atoms with Gasteiger partial charge in [-0.15, -0.1) is 11.3 Å². The predicted molar refractivity (Wildman–Crippen MR) is 71.0 cm³/mol. The molecule has 1 amide bonds. The first-order valence-corrected chi connectivity index (χ1v) is 6.78. The Morgan fingerprint density at radius 3 is 2.82 bits per heavy atom. The molecule has 0 spiro atoms. The highest BCUT2D eigenvalue weighted by Crippen LogP contribution is 2.21. The molecule has 0 radical (unpaired) electrons. The van der Waals surface area contributed by atoms with E-state index in [9.17, 15) is 4.79 Å². The van der Waals surface area contributed by atoms with Crippen molar-refractivity contribution < 1.29 is 4.79 Å². The monoisotopic (exact) mass is 255 g/mol. The lowest BCUT2D eigenvalue weighted by atomic mass is 10.1. The second kappa shape index (κ2) is 6.12. The summed E-state index contributed by atoms with van der Waals surface area (Å²) in [6.07, 6.45) is 2.73. The largest absolute Gasteiger partial charge is 0.353 e. The van der Waals surface area contributed by atoms with E-state index in [1.165, 1.54) is 0 Å². The first-order chi connectivity index (χ1) is 7.95. The number of aromatic nitrogens is 1. The Labute approximate surface area is 107 Å². The van der Waals surface area contributed by atoms with Crippen LogP contribution in [0.2, 0.25) is 0 Å². The van der Waals surface area contributed by atoms with Crippen LogP contribution < -0.4 is 10.6 Å². The van der Waals surface area contributed by atoms with E-state index < -0.39 is 0 Å². The van der Waals surface area contributed by atoms with Gasteiger partial charge >= 0.3 is 0 Å². The van der Waals surface area contributed by atoms with Crippen LogP contribution in [0.4, 0.5) is 0 Å². The van der Waals surface area contributed by atoms with E-state index in [0.717, 1.165) is 11.4 Å². The van der Waals surface area contributed by atoms with Crippen LogP contribution in [0.5, 0.6) is 0 Å². The number of nitrogens with one attached hydrogen (secondary N) is 2. The summed E-state index contributed by atoms with van der Waals surface area (Å²) in [4.78, 5) is 15.9. The minimum absolute atomic E-state index is 0.0315. The molecule has 1 heterocycles. The number of amides is 1. The Kier molecular flexibility index (Phi) is 5.08. The van der Waals surface area contributed by atoms with E-state index in [0.29, 0.717) is 6.54 Å². The minimum Gasteiger partial charge on any atom is -0.353 e. The third-order valence-corrected chi connectivity index (χ3v) is 3.77.